The van der Waals surface area contributed by atoms with Crippen LogP contribution in [-0.4, -0.2) is 55.2 Å². The summed E-state index contributed by atoms with van der Waals surface area (Å²) in [6.45, 7) is 8.44. The lowest BCUT2D eigenvalue weighted by molar-refractivity contribution is 0.736. The highest BCUT2D eigenvalue weighted by Crippen LogP contribution is 2.28. The van der Waals surface area contributed by atoms with Crippen molar-refractivity contribution < 1.29 is 0 Å². The summed E-state index contributed by atoms with van der Waals surface area (Å²) in [5, 5.41) is 8.97. The van der Waals surface area contributed by atoms with E-state index in [0.717, 1.165) is 72.0 Å². The van der Waals surface area contributed by atoms with Crippen LogP contribution >= 0.6 is 47.0 Å². The Bertz CT molecular complexity index is 845. The molecule has 0 radical (unpaired) electrons. The average molecular weight is 497 g/mol. The zero-order chi connectivity index (χ0) is 21.7. The van der Waals surface area contributed by atoms with Gasteiger partial charge in [0, 0.05) is 13.1 Å². The highest BCUT2D eigenvalue weighted by molar-refractivity contribution is 7.99. The number of nitrogens with one attached hydrogen (secondary N) is 2. The maximum atomic E-state index is 4.42. The van der Waals surface area contributed by atoms with Gasteiger partial charge in [-0.15, -0.1) is 23.5 Å². The number of hydrogen-bond donors (Lipinski definition) is 2. The molecule has 170 valence electrons. The van der Waals surface area contributed by atoms with Gasteiger partial charge in [0.15, 0.2) is 0 Å². The molecule has 31 heavy (non-hydrogen) atoms. The summed E-state index contributed by atoms with van der Waals surface area (Å²) in [5.74, 6) is 2.27. The maximum absolute atomic E-state index is 4.42. The fourth-order valence-corrected chi connectivity index (χ4v) is 6.46. The molecule has 2 aromatic rings. The molecule has 2 aromatic heterocycles. The van der Waals surface area contributed by atoms with E-state index in [2.05, 4.69) is 54.1 Å². The summed E-state index contributed by atoms with van der Waals surface area (Å²) >= 11 is 6.30. The largest absolute Gasteiger partial charge is 0.312 e. The quantitative estimate of drug-likeness (QED) is 0.361. The van der Waals surface area contributed by atoms with Crippen molar-refractivity contribution in [3.63, 3.8) is 0 Å². The molecule has 0 spiro atoms. The molecular weight excluding hydrogens is 465 g/mol. The van der Waals surface area contributed by atoms with Gasteiger partial charge in [0.25, 0.3) is 0 Å². The summed E-state index contributed by atoms with van der Waals surface area (Å²) in [4.78, 5) is 0. The summed E-state index contributed by atoms with van der Waals surface area (Å²) in [6, 6.07) is 0. The molecule has 0 saturated carbocycles. The molecule has 6 nitrogen and oxygen atoms in total. The van der Waals surface area contributed by atoms with E-state index in [4.69, 9.17) is 0 Å². The van der Waals surface area contributed by atoms with Crippen molar-refractivity contribution in [1.29, 1.82) is 0 Å². The first kappa shape index (κ1) is 24.9. The van der Waals surface area contributed by atoms with Gasteiger partial charge in [-0.3, -0.25) is 0 Å². The predicted molar refractivity (Wildman–Crippen MR) is 137 cm³/mol. The van der Waals surface area contributed by atoms with Crippen LogP contribution in [0.1, 0.15) is 57.3 Å². The van der Waals surface area contributed by atoms with E-state index in [1.54, 1.807) is 0 Å². The molecule has 0 saturated heterocycles. The summed E-state index contributed by atoms with van der Waals surface area (Å²) < 4.78 is 17.6. The normalized spacial score (nSPS) is 16.3. The van der Waals surface area contributed by atoms with Gasteiger partial charge in [-0.05, 0) is 61.4 Å². The van der Waals surface area contributed by atoms with Crippen LogP contribution in [-0.2, 0) is 0 Å². The first-order valence-electron chi connectivity index (χ1n) is 11.0. The molecule has 0 fully saturated rings. The second-order valence-electron chi connectivity index (χ2n) is 7.28. The van der Waals surface area contributed by atoms with Gasteiger partial charge in [0.05, 0.1) is 23.5 Å². The van der Waals surface area contributed by atoms with E-state index in [9.17, 15) is 0 Å². The number of thioether (sulfide) groups is 2. The minimum atomic E-state index is 0.936. The van der Waals surface area contributed by atoms with Crippen LogP contribution in [0.2, 0.25) is 0 Å². The second kappa shape index (κ2) is 14.4. The molecule has 0 unspecified atom stereocenters. The molecule has 0 atom stereocenters. The van der Waals surface area contributed by atoms with Crippen LogP contribution in [0.4, 0.5) is 0 Å². The van der Waals surface area contributed by atoms with Crippen LogP contribution in [0.3, 0.4) is 0 Å². The summed E-state index contributed by atoms with van der Waals surface area (Å²) in [6.07, 6.45) is 10.4. The average Bonchev–Trinajstić information content (AvgIpc) is 3.49. The van der Waals surface area contributed by atoms with Gasteiger partial charge in [-0.1, -0.05) is 32.4 Å². The molecule has 2 aliphatic heterocycles. The third kappa shape index (κ3) is 7.94. The lowest BCUT2D eigenvalue weighted by Gasteiger charge is -2.12. The third-order valence-electron chi connectivity index (χ3n) is 4.76. The van der Waals surface area contributed by atoms with Crippen molar-refractivity contribution in [2.45, 2.75) is 56.0 Å². The number of aromatic nitrogens is 4. The highest BCUT2D eigenvalue weighted by atomic mass is 32.2. The van der Waals surface area contributed by atoms with E-state index < -0.39 is 0 Å². The Labute approximate surface area is 202 Å². The Hall–Kier alpha value is -0.780. The minimum Gasteiger partial charge on any atom is -0.312 e. The molecule has 0 aliphatic carbocycles. The summed E-state index contributed by atoms with van der Waals surface area (Å²) in [5.41, 5.74) is 4.84. The van der Waals surface area contributed by atoms with Crippen LogP contribution in [0.15, 0.2) is 22.2 Å². The molecule has 2 N–H and O–H groups in total. The van der Waals surface area contributed by atoms with Crippen molar-refractivity contribution >= 4 is 58.1 Å². The van der Waals surface area contributed by atoms with Crippen LogP contribution in [0.25, 0.3) is 11.1 Å². The van der Waals surface area contributed by atoms with Crippen molar-refractivity contribution in [2.75, 3.05) is 37.7 Å². The predicted octanol–water partition coefficient (Wildman–Crippen LogP) is 5.22. The zero-order valence-electron chi connectivity index (χ0n) is 18.4. The minimum absolute atomic E-state index is 0.936. The first-order valence-corrected chi connectivity index (χ1v) is 14.5. The van der Waals surface area contributed by atoms with Gasteiger partial charge < -0.3 is 10.6 Å². The Morgan fingerprint density at radius 1 is 0.774 bits per heavy atom. The molecule has 0 bridgehead atoms. The topological polar surface area (TPSA) is 75.6 Å². The fraction of sp³-hybridized carbons (Fsp3) is 0.619. The van der Waals surface area contributed by atoms with E-state index in [1.165, 1.54) is 53.9 Å². The van der Waals surface area contributed by atoms with E-state index in [-0.39, 0.29) is 0 Å². The van der Waals surface area contributed by atoms with Crippen molar-refractivity contribution in [3.8, 4) is 0 Å². The third-order valence-corrected chi connectivity index (χ3v) is 8.27. The molecule has 0 amide bonds. The standard InChI is InChI=1S/C11H17N3S2.C10H15N3S2/c1-2-3-7-15-11-10(13-16-14-11)9-5-4-6-12-8-9;1-2-6-14-10-9(12-15-13-10)8-4-3-5-11-7-8/h5,12H,2-4,6-8H2,1H3;4,11H,2-3,5-7H2,1H3. The van der Waals surface area contributed by atoms with E-state index >= 15 is 0 Å². The van der Waals surface area contributed by atoms with Gasteiger partial charge in [0.1, 0.15) is 21.4 Å². The van der Waals surface area contributed by atoms with E-state index in [1.807, 2.05) is 23.5 Å². The number of rotatable bonds is 9. The fourth-order valence-electron chi connectivity index (χ4n) is 3.10. The molecular formula is C21H32N6S4. The van der Waals surface area contributed by atoms with Gasteiger partial charge in [0.2, 0.25) is 0 Å². The highest BCUT2D eigenvalue weighted by Gasteiger charge is 2.15. The lowest BCUT2D eigenvalue weighted by Crippen LogP contribution is -2.21. The number of unbranched alkanes of at least 4 members (excludes halogenated alkanes) is 1. The molecule has 0 aromatic carbocycles. The van der Waals surface area contributed by atoms with Crippen molar-refractivity contribution in [2.24, 2.45) is 0 Å². The van der Waals surface area contributed by atoms with Crippen LogP contribution < -0.4 is 10.6 Å². The molecule has 10 heteroatoms. The lowest BCUT2D eigenvalue weighted by atomic mass is 10.1. The molecule has 4 heterocycles. The number of hydrogen-bond acceptors (Lipinski definition) is 10. The van der Waals surface area contributed by atoms with Gasteiger partial charge in [-0.2, -0.15) is 17.5 Å². The Balaban J connectivity index is 0.000000176. The SMILES string of the molecule is CCCCSc1nsnc1C1=CCCNC1.CCCSc1nsnc1C1=CCCNC1. The van der Waals surface area contributed by atoms with Crippen molar-refractivity contribution in [3.05, 3.63) is 23.5 Å². The maximum Gasteiger partial charge on any atom is 0.138 e. The summed E-state index contributed by atoms with van der Waals surface area (Å²) in [7, 11) is 0. The monoisotopic (exact) mass is 496 g/mol. The van der Waals surface area contributed by atoms with Crippen molar-refractivity contribution in [1.82, 2.24) is 28.1 Å². The molecule has 4 rings (SSSR count). The Morgan fingerprint density at radius 3 is 1.77 bits per heavy atom. The zero-order valence-corrected chi connectivity index (χ0v) is 21.6. The van der Waals surface area contributed by atoms with Gasteiger partial charge in [-0.25, -0.2) is 0 Å². The van der Waals surface area contributed by atoms with Gasteiger partial charge >= 0.3 is 0 Å². The Kier molecular flexibility index (Phi) is 11.5. The molecule has 2 aliphatic rings. The van der Waals surface area contributed by atoms with Crippen LogP contribution in [0, 0.1) is 0 Å². The second-order valence-corrected chi connectivity index (χ2v) is 10.5. The first-order chi connectivity index (χ1) is 15.3. The Morgan fingerprint density at radius 2 is 1.32 bits per heavy atom. The van der Waals surface area contributed by atoms with Crippen LogP contribution in [0.5, 0.6) is 0 Å². The van der Waals surface area contributed by atoms with E-state index in [0.29, 0.717) is 0 Å². The number of nitrogens with zero attached hydrogens (tertiary/aromatic N) is 4. The smallest absolute Gasteiger partial charge is 0.138 e.